The molecule has 1 aliphatic heterocycles. The summed E-state index contributed by atoms with van der Waals surface area (Å²) in [5.74, 6) is 2.71. The molecule has 0 amide bonds. The molecule has 1 saturated carbocycles. The molecular formula is C19H25N3O3. The Morgan fingerprint density at radius 3 is 2.72 bits per heavy atom. The van der Waals surface area contributed by atoms with E-state index < -0.39 is 0 Å². The lowest BCUT2D eigenvalue weighted by atomic mass is 9.85. The summed E-state index contributed by atoms with van der Waals surface area (Å²) in [6, 6.07) is 5.75. The van der Waals surface area contributed by atoms with Crippen molar-refractivity contribution in [2.24, 2.45) is 0 Å². The molecule has 0 spiro atoms. The monoisotopic (exact) mass is 343 g/mol. The molecule has 6 nitrogen and oxygen atoms in total. The number of phenols is 1. The van der Waals surface area contributed by atoms with Crippen molar-refractivity contribution >= 4 is 0 Å². The van der Waals surface area contributed by atoms with Gasteiger partial charge in [0, 0.05) is 12.5 Å². The van der Waals surface area contributed by atoms with Crippen LogP contribution in [-0.4, -0.2) is 33.9 Å². The number of rotatable bonds is 5. The molecule has 1 saturated heterocycles. The summed E-state index contributed by atoms with van der Waals surface area (Å²) in [6.45, 7) is 1.75. The highest BCUT2D eigenvalue weighted by Gasteiger charge is 2.31. The fourth-order valence-corrected chi connectivity index (χ4v) is 3.73. The molecule has 25 heavy (non-hydrogen) atoms. The number of benzene rings is 1. The fraction of sp³-hybridized carbons (Fsp3) is 0.579. The third-order valence-electron chi connectivity index (χ3n) is 5.44. The zero-order valence-electron chi connectivity index (χ0n) is 14.6. The molecule has 2 aliphatic rings. The predicted octanol–water partition coefficient (Wildman–Crippen LogP) is 3.78. The highest BCUT2D eigenvalue weighted by Crippen LogP contribution is 2.38. The Morgan fingerprint density at radius 1 is 1.16 bits per heavy atom. The van der Waals surface area contributed by atoms with Crippen LogP contribution in [0, 0.1) is 0 Å². The number of piperidine rings is 1. The number of hydrogen-bond donors (Lipinski definition) is 1. The zero-order chi connectivity index (χ0) is 17.2. The largest absolute Gasteiger partial charge is 0.504 e. The van der Waals surface area contributed by atoms with Crippen LogP contribution in [0.5, 0.6) is 11.5 Å². The molecule has 134 valence electrons. The van der Waals surface area contributed by atoms with Gasteiger partial charge in [-0.1, -0.05) is 18.9 Å². The van der Waals surface area contributed by atoms with E-state index in [2.05, 4.69) is 15.1 Å². The van der Waals surface area contributed by atoms with Crippen LogP contribution < -0.4 is 4.74 Å². The van der Waals surface area contributed by atoms with Crippen LogP contribution in [0.2, 0.25) is 0 Å². The summed E-state index contributed by atoms with van der Waals surface area (Å²) in [7, 11) is 1.56. The minimum absolute atomic E-state index is 0.166. The average Bonchev–Trinajstić information content (AvgIpc) is 3.03. The highest BCUT2D eigenvalue weighted by molar-refractivity contribution is 5.41. The Labute approximate surface area is 147 Å². The van der Waals surface area contributed by atoms with Crippen LogP contribution in [0.4, 0.5) is 0 Å². The molecule has 1 aromatic heterocycles. The topological polar surface area (TPSA) is 71.6 Å². The molecule has 2 fully saturated rings. The van der Waals surface area contributed by atoms with E-state index in [0.29, 0.717) is 11.7 Å². The number of ether oxygens (including phenoxy) is 1. The second kappa shape index (κ2) is 7.04. The number of phenolic OH excluding ortho intramolecular Hbond substituents is 1. The molecule has 4 rings (SSSR count). The molecule has 1 aliphatic carbocycles. The van der Waals surface area contributed by atoms with Gasteiger partial charge in [-0.05, 0) is 49.9 Å². The van der Waals surface area contributed by atoms with E-state index in [4.69, 9.17) is 9.15 Å². The van der Waals surface area contributed by atoms with Crippen molar-refractivity contribution in [1.29, 1.82) is 0 Å². The first-order valence-corrected chi connectivity index (χ1v) is 9.18. The smallest absolute Gasteiger partial charge is 0.233 e. The molecule has 0 radical (unpaired) electrons. The number of aromatic nitrogens is 2. The lowest BCUT2D eigenvalue weighted by Gasteiger charge is -2.33. The van der Waals surface area contributed by atoms with Crippen LogP contribution in [0.25, 0.3) is 0 Å². The summed E-state index contributed by atoms with van der Waals surface area (Å²) in [6.07, 6.45) is 6.98. The fourth-order valence-electron chi connectivity index (χ4n) is 3.73. The maximum absolute atomic E-state index is 10.0. The molecule has 2 aromatic rings. The normalized spacial score (nSPS) is 21.9. The van der Waals surface area contributed by atoms with Crippen LogP contribution >= 0.6 is 0 Å². The van der Waals surface area contributed by atoms with Crippen LogP contribution in [0.15, 0.2) is 22.6 Å². The molecule has 1 atom stereocenters. The number of hydrogen-bond acceptors (Lipinski definition) is 6. The molecule has 1 aromatic carbocycles. The second-order valence-electron chi connectivity index (χ2n) is 7.09. The van der Waals surface area contributed by atoms with Crippen LogP contribution in [-0.2, 0) is 6.54 Å². The molecule has 6 heteroatoms. The number of aromatic hydroxyl groups is 1. The molecule has 0 bridgehead atoms. The Kier molecular flexibility index (Phi) is 4.61. The third-order valence-corrected chi connectivity index (χ3v) is 5.44. The molecule has 1 N–H and O–H groups in total. The van der Waals surface area contributed by atoms with Crippen molar-refractivity contribution in [3.05, 3.63) is 35.5 Å². The van der Waals surface area contributed by atoms with Gasteiger partial charge in [0.05, 0.1) is 13.2 Å². The van der Waals surface area contributed by atoms with E-state index in [1.807, 2.05) is 12.1 Å². The SMILES string of the molecule is COc1ccc(CN2CCCCC2c2nnc(C3CCC3)o2)cc1O. The average molecular weight is 343 g/mol. The highest BCUT2D eigenvalue weighted by atomic mass is 16.5. The van der Waals surface area contributed by atoms with E-state index in [9.17, 15) is 5.11 Å². The van der Waals surface area contributed by atoms with E-state index >= 15 is 0 Å². The maximum Gasteiger partial charge on any atom is 0.233 e. The maximum atomic E-state index is 10.0. The number of nitrogens with zero attached hydrogens (tertiary/aromatic N) is 3. The summed E-state index contributed by atoms with van der Waals surface area (Å²) in [4.78, 5) is 2.38. The Morgan fingerprint density at radius 2 is 2.00 bits per heavy atom. The van der Waals surface area contributed by atoms with Gasteiger partial charge >= 0.3 is 0 Å². The van der Waals surface area contributed by atoms with Gasteiger partial charge in [-0.25, -0.2) is 0 Å². The van der Waals surface area contributed by atoms with E-state index in [1.54, 1.807) is 13.2 Å². The summed E-state index contributed by atoms with van der Waals surface area (Å²) in [5.41, 5.74) is 1.06. The van der Waals surface area contributed by atoms with Crippen LogP contribution in [0.3, 0.4) is 0 Å². The van der Waals surface area contributed by atoms with Gasteiger partial charge in [0.1, 0.15) is 0 Å². The summed E-state index contributed by atoms with van der Waals surface area (Å²) < 4.78 is 11.1. The Balaban J connectivity index is 1.50. The molecular weight excluding hydrogens is 318 g/mol. The lowest BCUT2D eigenvalue weighted by molar-refractivity contribution is 0.115. The van der Waals surface area contributed by atoms with Gasteiger partial charge in [0.2, 0.25) is 11.8 Å². The summed E-state index contributed by atoms with van der Waals surface area (Å²) >= 11 is 0. The van der Waals surface area contributed by atoms with Crippen LogP contribution in [0.1, 0.15) is 67.8 Å². The van der Waals surface area contributed by atoms with Crippen molar-refractivity contribution in [3.8, 4) is 11.5 Å². The number of methoxy groups -OCH3 is 1. The van der Waals surface area contributed by atoms with E-state index in [-0.39, 0.29) is 11.8 Å². The first kappa shape index (κ1) is 16.4. The van der Waals surface area contributed by atoms with Gasteiger partial charge in [0.25, 0.3) is 0 Å². The van der Waals surface area contributed by atoms with Gasteiger partial charge < -0.3 is 14.3 Å². The lowest BCUT2D eigenvalue weighted by Crippen LogP contribution is -2.33. The van der Waals surface area contributed by atoms with Gasteiger partial charge in [-0.15, -0.1) is 10.2 Å². The third kappa shape index (κ3) is 3.35. The quantitative estimate of drug-likeness (QED) is 0.891. The predicted molar refractivity (Wildman–Crippen MR) is 92.6 cm³/mol. The first-order chi connectivity index (χ1) is 12.2. The first-order valence-electron chi connectivity index (χ1n) is 9.18. The van der Waals surface area contributed by atoms with Crippen molar-refractivity contribution < 1.29 is 14.3 Å². The standard InChI is InChI=1S/C19H25N3O3/c1-24-17-9-8-13(11-16(17)23)12-22-10-3-2-7-15(22)19-21-20-18(25-19)14-5-4-6-14/h8-9,11,14-15,23H,2-7,10,12H2,1H3. The van der Waals surface area contributed by atoms with Gasteiger partial charge in [0.15, 0.2) is 11.5 Å². The van der Waals surface area contributed by atoms with E-state index in [1.165, 1.54) is 32.1 Å². The molecule has 1 unspecified atom stereocenters. The van der Waals surface area contributed by atoms with E-state index in [0.717, 1.165) is 36.9 Å². The minimum Gasteiger partial charge on any atom is -0.504 e. The number of likely N-dealkylation sites (tertiary alicyclic amines) is 1. The minimum atomic E-state index is 0.166. The second-order valence-corrected chi connectivity index (χ2v) is 7.09. The summed E-state index contributed by atoms with van der Waals surface area (Å²) in [5, 5.41) is 18.7. The Bertz CT molecular complexity index is 726. The zero-order valence-corrected chi connectivity index (χ0v) is 14.6. The molecule has 2 heterocycles. The van der Waals surface area contributed by atoms with Crippen molar-refractivity contribution in [2.75, 3.05) is 13.7 Å². The van der Waals surface area contributed by atoms with Crippen molar-refractivity contribution in [2.45, 2.75) is 57.0 Å². The van der Waals surface area contributed by atoms with Crippen molar-refractivity contribution in [1.82, 2.24) is 15.1 Å². The Hall–Kier alpha value is -2.08. The van der Waals surface area contributed by atoms with Gasteiger partial charge in [-0.2, -0.15) is 0 Å². The van der Waals surface area contributed by atoms with Gasteiger partial charge in [-0.3, -0.25) is 4.90 Å². The van der Waals surface area contributed by atoms with Crippen molar-refractivity contribution in [3.63, 3.8) is 0 Å².